The van der Waals surface area contributed by atoms with Crippen LogP contribution >= 0.6 is 0 Å². The molecule has 104 valence electrons. The molecule has 1 atom stereocenters. The van der Waals surface area contributed by atoms with Crippen molar-refractivity contribution in [1.29, 1.82) is 0 Å². The Morgan fingerprint density at radius 1 is 1.30 bits per heavy atom. The van der Waals surface area contributed by atoms with E-state index in [1.165, 1.54) is 0 Å². The lowest BCUT2D eigenvalue weighted by Crippen LogP contribution is -2.17. The molecule has 3 rings (SSSR count). The van der Waals surface area contributed by atoms with Crippen molar-refractivity contribution >= 4 is 16.7 Å². The van der Waals surface area contributed by atoms with Gasteiger partial charge in [-0.3, -0.25) is 0 Å². The van der Waals surface area contributed by atoms with Gasteiger partial charge in [0.2, 0.25) is 0 Å². The van der Waals surface area contributed by atoms with Crippen LogP contribution in [0.3, 0.4) is 0 Å². The summed E-state index contributed by atoms with van der Waals surface area (Å²) in [5.74, 6) is -0.565. The molecule has 0 radical (unpaired) electrons. The standard InChI is InChI=1S/C16H16O4/c17-16(18)14-8-11-4-1-2-5-12(11)9-15(14)20-10-13-6-3-7-19-13/h1-2,4-5,8-9,13H,3,6-7,10H2,(H,17,18). The molecule has 4 nitrogen and oxygen atoms in total. The minimum atomic E-state index is -0.974. The summed E-state index contributed by atoms with van der Waals surface area (Å²) in [6, 6.07) is 11.1. The summed E-state index contributed by atoms with van der Waals surface area (Å²) in [4.78, 5) is 11.4. The van der Waals surface area contributed by atoms with E-state index in [1.54, 1.807) is 12.1 Å². The van der Waals surface area contributed by atoms with Crippen LogP contribution in [-0.4, -0.2) is 30.4 Å². The van der Waals surface area contributed by atoms with Gasteiger partial charge in [-0.05, 0) is 35.7 Å². The average molecular weight is 272 g/mol. The number of aromatic carboxylic acids is 1. The topological polar surface area (TPSA) is 55.8 Å². The molecule has 0 saturated carbocycles. The third-order valence-corrected chi connectivity index (χ3v) is 3.53. The normalized spacial score (nSPS) is 18.3. The van der Waals surface area contributed by atoms with Crippen LogP contribution in [0, 0.1) is 0 Å². The second-order valence-electron chi connectivity index (χ2n) is 4.95. The Morgan fingerprint density at radius 3 is 2.70 bits per heavy atom. The third kappa shape index (κ3) is 2.60. The predicted molar refractivity (Wildman–Crippen MR) is 75.4 cm³/mol. The molecule has 1 N–H and O–H groups in total. The first-order chi connectivity index (χ1) is 9.74. The maximum Gasteiger partial charge on any atom is 0.339 e. The molecule has 2 aromatic rings. The third-order valence-electron chi connectivity index (χ3n) is 3.53. The Balaban J connectivity index is 1.90. The number of hydrogen-bond acceptors (Lipinski definition) is 3. The van der Waals surface area contributed by atoms with Gasteiger partial charge in [-0.25, -0.2) is 4.79 Å². The Morgan fingerprint density at radius 2 is 2.05 bits per heavy atom. The Kier molecular flexibility index (Phi) is 3.56. The number of benzene rings is 2. The quantitative estimate of drug-likeness (QED) is 0.929. The van der Waals surface area contributed by atoms with E-state index in [2.05, 4.69) is 0 Å². The minimum Gasteiger partial charge on any atom is -0.490 e. The van der Waals surface area contributed by atoms with Crippen molar-refractivity contribution < 1.29 is 19.4 Å². The number of fused-ring (bicyclic) bond motifs is 1. The number of rotatable bonds is 4. The molecule has 4 heteroatoms. The summed E-state index contributed by atoms with van der Waals surface area (Å²) in [6.45, 7) is 1.16. The second-order valence-corrected chi connectivity index (χ2v) is 4.95. The fraction of sp³-hybridized carbons (Fsp3) is 0.312. The van der Waals surface area contributed by atoms with Crippen molar-refractivity contribution in [2.24, 2.45) is 0 Å². The van der Waals surface area contributed by atoms with Crippen molar-refractivity contribution in [2.75, 3.05) is 13.2 Å². The fourth-order valence-corrected chi connectivity index (χ4v) is 2.46. The van der Waals surface area contributed by atoms with Gasteiger partial charge in [-0.2, -0.15) is 0 Å². The Hall–Kier alpha value is -2.07. The van der Waals surface area contributed by atoms with Gasteiger partial charge in [0.05, 0.1) is 6.10 Å². The fourth-order valence-electron chi connectivity index (χ4n) is 2.46. The van der Waals surface area contributed by atoms with Crippen molar-refractivity contribution in [1.82, 2.24) is 0 Å². The van der Waals surface area contributed by atoms with Gasteiger partial charge in [0.25, 0.3) is 0 Å². The molecular formula is C16H16O4. The first kappa shape index (κ1) is 12.9. The highest BCUT2D eigenvalue weighted by Gasteiger charge is 2.18. The summed E-state index contributed by atoms with van der Waals surface area (Å²) >= 11 is 0. The maximum atomic E-state index is 11.4. The SMILES string of the molecule is O=C(O)c1cc2ccccc2cc1OCC1CCCO1. The molecule has 1 aliphatic heterocycles. The molecule has 0 spiro atoms. The molecule has 1 heterocycles. The lowest BCUT2D eigenvalue weighted by atomic mass is 10.1. The molecule has 0 amide bonds. The molecule has 0 aromatic heterocycles. The van der Waals surface area contributed by atoms with Crippen LogP contribution < -0.4 is 4.74 Å². The first-order valence-corrected chi connectivity index (χ1v) is 6.74. The lowest BCUT2D eigenvalue weighted by molar-refractivity contribution is 0.0630. The van der Waals surface area contributed by atoms with Crippen molar-refractivity contribution in [2.45, 2.75) is 18.9 Å². The number of carboxylic acids is 1. The van der Waals surface area contributed by atoms with Crippen molar-refractivity contribution in [3.63, 3.8) is 0 Å². The molecule has 2 aromatic carbocycles. The molecule has 1 unspecified atom stereocenters. The predicted octanol–water partition coefficient (Wildman–Crippen LogP) is 3.10. The van der Waals surface area contributed by atoms with E-state index < -0.39 is 5.97 Å². The van der Waals surface area contributed by atoms with Crippen molar-refractivity contribution in [3.8, 4) is 5.75 Å². The van der Waals surface area contributed by atoms with Crippen LogP contribution in [0.1, 0.15) is 23.2 Å². The first-order valence-electron chi connectivity index (χ1n) is 6.74. The minimum absolute atomic E-state index is 0.0723. The van der Waals surface area contributed by atoms with E-state index in [0.717, 1.165) is 30.2 Å². The van der Waals surface area contributed by atoms with Crippen LogP contribution in [0.5, 0.6) is 5.75 Å². The van der Waals surface area contributed by atoms with E-state index in [1.807, 2.05) is 24.3 Å². The van der Waals surface area contributed by atoms with Gasteiger partial charge >= 0.3 is 5.97 Å². The van der Waals surface area contributed by atoms with Gasteiger partial charge < -0.3 is 14.6 Å². The summed E-state index contributed by atoms with van der Waals surface area (Å²) in [7, 11) is 0. The van der Waals surface area contributed by atoms with Crippen LogP contribution in [-0.2, 0) is 4.74 Å². The highest BCUT2D eigenvalue weighted by atomic mass is 16.5. The van der Waals surface area contributed by atoms with Crippen LogP contribution in [0.15, 0.2) is 36.4 Å². The van der Waals surface area contributed by atoms with E-state index in [0.29, 0.717) is 12.4 Å². The van der Waals surface area contributed by atoms with Gasteiger partial charge in [0, 0.05) is 6.61 Å². The van der Waals surface area contributed by atoms with Gasteiger partial charge in [0.1, 0.15) is 17.9 Å². The summed E-state index contributed by atoms with van der Waals surface area (Å²) in [6.07, 6.45) is 2.08. The maximum absolute atomic E-state index is 11.4. The molecule has 1 aliphatic rings. The zero-order valence-electron chi connectivity index (χ0n) is 11.0. The number of carboxylic acid groups (broad SMARTS) is 1. The highest BCUT2D eigenvalue weighted by molar-refractivity contribution is 5.97. The highest BCUT2D eigenvalue weighted by Crippen LogP contribution is 2.27. The molecular weight excluding hydrogens is 256 g/mol. The van der Waals surface area contributed by atoms with Gasteiger partial charge in [-0.1, -0.05) is 24.3 Å². The number of carbonyl (C=O) groups is 1. The summed E-state index contributed by atoms with van der Waals surface area (Å²) in [5, 5.41) is 11.2. The molecule has 0 aliphatic carbocycles. The summed E-state index contributed by atoms with van der Waals surface area (Å²) in [5.41, 5.74) is 0.196. The molecule has 1 saturated heterocycles. The Labute approximate surface area is 116 Å². The molecule has 1 fully saturated rings. The van der Waals surface area contributed by atoms with E-state index in [-0.39, 0.29) is 11.7 Å². The van der Waals surface area contributed by atoms with E-state index in [4.69, 9.17) is 9.47 Å². The van der Waals surface area contributed by atoms with Crippen molar-refractivity contribution in [3.05, 3.63) is 42.0 Å². The molecule has 0 bridgehead atoms. The molecule has 20 heavy (non-hydrogen) atoms. The van der Waals surface area contributed by atoms with Gasteiger partial charge in [0.15, 0.2) is 0 Å². The number of ether oxygens (including phenoxy) is 2. The smallest absolute Gasteiger partial charge is 0.339 e. The van der Waals surface area contributed by atoms with Crippen LogP contribution in [0.4, 0.5) is 0 Å². The van der Waals surface area contributed by atoms with Crippen LogP contribution in [0.25, 0.3) is 10.8 Å². The summed E-state index contributed by atoms with van der Waals surface area (Å²) < 4.78 is 11.2. The average Bonchev–Trinajstić information content (AvgIpc) is 2.97. The van der Waals surface area contributed by atoms with Crippen LogP contribution in [0.2, 0.25) is 0 Å². The van der Waals surface area contributed by atoms with E-state index >= 15 is 0 Å². The largest absolute Gasteiger partial charge is 0.490 e. The monoisotopic (exact) mass is 272 g/mol. The number of hydrogen-bond donors (Lipinski definition) is 1. The Bertz CT molecular complexity index is 629. The zero-order valence-corrected chi connectivity index (χ0v) is 11.0. The second kappa shape index (κ2) is 5.51. The lowest BCUT2D eigenvalue weighted by Gasteiger charge is -2.14. The van der Waals surface area contributed by atoms with Gasteiger partial charge in [-0.15, -0.1) is 0 Å². The van der Waals surface area contributed by atoms with E-state index in [9.17, 15) is 9.90 Å². The zero-order chi connectivity index (χ0) is 13.9.